The van der Waals surface area contributed by atoms with Crippen molar-refractivity contribution in [3.63, 3.8) is 0 Å². The Labute approximate surface area is 132 Å². The summed E-state index contributed by atoms with van der Waals surface area (Å²) in [6, 6.07) is 14.8. The lowest BCUT2D eigenvalue weighted by Gasteiger charge is -2.13. The number of aromatic nitrogens is 1. The lowest BCUT2D eigenvalue weighted by atomic mass is 10.1. The lowest BCUT2D eigenvalue weighted by Crippen LogP contribution is -2.26. The van der Waals surface area contributed by atoms with E-state index in [-0.39, 0.29) is 17.8 Å². The summed E-state index contributed by atoms with van der Waals surface area (Å²) >= 11 is 0. The molecule has 3 rings (SSSR count). The van der Waals surface area contributed by atoms with Gasteiger partial charge in [0.15, 0.2) is 0 Å². The number of H-pyrrole nitrogens is 1. The molecule has 0 fully saturated rings. The molecule has 1 amide bonds. The fraction of sp³-hybridized carbons (Fsp3) is 0.111. The summed E-state index contributed by atoms with van der Waals surface area (Å²) in [5, 5.41) is 12.3. The zero-order valence-electron chi connectivity index (χ0n) is 12.4. The highest BCUT2D eigenvalue weighted by atomic mass is 19.1. The first-order valence-electron chi connectivity index (χ1n) is 7.16. The number of fused-ring (bicyclic) bond motifs is 1. The van der Waals surface area contributed by atoms with Crippen molar-refractivity contribution in [1.29, 1.82) is 5.26 Å². The van der Waals surface area contributed by atoms with Crippen molar-refractivity contribution in [3.05, 3.63) is 71.2 Å². The molecule has 0 saturated heterocycles. The Balaban J connectivity index is 1.77. The van der Waals surface area contributed by atoms with Gasteiger partial charge in [0, 0.05) is 10.9 Å². The summed E-state index contributed by atoms with van der Waals surface area (Å²) in [6.07, 6.45) is 0. The zero-order valence-corrected chi connectivity index (χ0v) is 12.4. The van der Waals surface area contributed by atoms with E-state index in [0.29, 0.717) is 22.2 Å². The average Bonchev–Trinajstić information content (AvgIpc) is 2.98. The molecule has 114 valence electrons. The Kier molecular flexibility index (Phi) is 3.82. The summed E-state index contributed by atoms with van der Waals surface area (Å²) in [5.74, 6) is -0.604. The fourth-order valence-electron chi connectivity index (χ4n) is 2.43. The van der Waals surface area contributed by atoms with E-state index < -0.39 is 0 Å². The van der Waals surface area contributed by atoms with Crippen LogP contribution in [0.3, 0.4) is 0 Å². The molecular weight excluding hydrogens is 293 g/mol. The van der Waals surface area contributed by atoms with E-state index in [2.05, 4.69) is 16.4 Å². The quantitative estimate of drug-likeness (QED) is 0.775. The summed E-state index contributed by atoms with van der Waals surface area (Å²) in [5.41, 5.74) is 2.57. The van der Waals surface area contributed by atoms with Crippen molar-refractivity contribution in [3.8, 4) is 6.07 Å². The minimum absolute atomic E-state index is 0.210. The van der Waals surface area contributed by atoms with Gasteiger partial charge in [0.2, 0.25) is 0 Å². The Morgan fingerprint density at radius 1 is 1.22 bits per heavy atom. The predicted molar refractivity (Wildman–Crippen MR) is 85.3 cm³/mol. The molecule has 1 aromatic heterocycles. The third-order valence-corrected chi connectivity index (χ3v) is 3.71. The monoisotopic (exact) mass is 307 g/mol. The van der Waals surface area contributed by atoms with Crippen LogP contribution in [0.1, 0.15) is 34.6 Å². The molecular formula is C18H14FN3O. The third-order valence-electron chi connectivity index (χ3n) is 3.71. The van der Waals surface area contributed by atoms with E-state index in [4.69, 9.17) is 5.26 Å². The molecule has 1 unspecified atom stereocenters. The molecule has 0 aliphatic rings. The van der Waals surface area contributed by atoms with Crippen LogP contribution in [0.25, 0.3) is 10.9 Å². The van der Waals surface area contributed by atoms with Crippen LogP contribution in [-0.2, 0) is 0 Å². The zero-order chi connectivity index (χ0) is 16.4. The van der Waals surface area contributed by atoms with Gasteiger partial charge in [-0.3, -0.25) is 4.79 Å². The van der Waals surface area contributed by atoms with Gasteiger partial charge in [0.1, 0.15) is 11.5 Å². The number of benzene rings is 2. The highest BCUT2D eigenvalue weighted by molar-refractivity contribution is 5.98. The largest absolute Gasteiger partial charge is 0.351 e. The highest BCUT2D eigenvalue weighted by Gasteiger charge is 2.14. The SMILES string of the molecule is CC(NC(=O)c1cc2cc(F)ccc2[nH]1)c1ccc(C#N)cc1. The first-order valence-corrected chi connectivity index (χ1v) is 7.16. The summed E-state index contributed by atoms with van der Waals surface area (Å²) in [7, 11) is 0. The van der Waals surface area contributed by atoms with Crippen molar-refractivity contribution in [2.24, 2.45) is 0 Å². The molecule has 1 atom stereocenters. The van der Waals surface area contributed by atoms with Crippen molar-refractivity contribution >= 4 is 16.8 Å². The molecule has 0 radical (unpaired) electrons. The number of hydrogen-bond acceptors (Lipinski definition) is 2. The maximum atomic E-state index is 13.2. The van der Waals surface area contributed by atoms with Crippen LogP contribution < -0.4 is 5.32 Å². The Morgan fingerprint density at radius 2 is 1.96 bits per heavy atom. The molecule has 0 spiro atoms. The maximum absolute atomic E-state index is 13.2. The molecule has 0 aliphatic heterocycles. The van der Waals surface area contributed by atoms with Crippen LogP contribution in [0.15, 0.2) is 48.5 Å². The average molecular weight is 307 g/mol. The van der Waals surface area contributed by atoms with Crippen LogP contribution in [0, 0.1) is 17.1 Å². The van der Waals surface area contributed by atoms with E-state index in [9.17, 15) is 9.18 Å². The summed E-state index contributed by atoms with van der Waals surface area (Å²) in [6.45, 7) is 1.86. The normalized spacial score (nSPS) is 11.9. The van der Waals surface area contributed by atoms with Gasteiger partial charge in [0.25, 0.3) is 5.91 Å². The number of carbonyl (C=O) groups is 1. The minimum Gasteiger partial charge on any atom is -0.351 e. The van der Waals surface area contributed by atoms with E-state index in [0.717, 1.165) is 5.56 Å². The maximum Gasteiger partial charge on any atom is 0.268 e. The molecule has 2 N–H and O–H groups in total. The van der Waals surface area contributed by atoms with Gasteiger partial charge < -0.3 is 10.3 Å². The fourth-order valence-corrected chi connectivity index (χ4v) is 2.43. The third kappa shape index (κ3) is 3.06. The number of nitriles is 1. The minimum atomic E-state index is -0.339. The first-order chi connectivity index (χ1) is 11.1. The second kappa shape index (κ2) is 5.93. The molecule has 3 aromatic rings. The second-order valence-electron chi connectivity index (χ2n) is 5.34. The van der Waals surface area contributed by atoms with Gasteiger partial charge in [-0.1, -0.05) is 12.1 Å². The number of rotatable bonds is 3. The van der Waals surface area contributed by atoms with E-state index in [1.165, 1.54) is 12.1 Å². The predicted octanol–water partition coefficient (Wildman–Crippen LogP) is 3.67. The molecule has 0 saturated carbocycles. The highest BCUT2D eigenvalue weighted by Crippen LogP contribution is 2.18. The van der Waals surface area contributed by atoms with Crippen LogP contribution in [0.4, 0.5) is 4.39 Å². The topological polar surface area (TPSA) is 68.7 Å². The molecule has 5 heteroatoms. The standard InChI is InChI=1S/C18H14FN3O/c1-11(13-4-2-12(10-20)3-5-13)21-18(23)17-9-14-8-15(19)6-7-16(14)22-17/h2-9,11,22H,1H3,(H,21,23). The number of hydrogen-bond donors (Lipinski definition) is 2. The number of halogens is 1. The van der Waals surface area contributed by atoms with Crippen LogP contribution in [-0.4, -0.2) is 10.9 Å². The Morgan fingerprint density at radius 3 is 2.65 bits per heavy atom. The van der Waals surface area contributed by atoms with Gasteiger partial charge >= 0.3 is 0 Å². The Hall–Kier alpha value is -3.13. The van der Waals surface area contributed by atoms with Gasteiger partial charge in [-0.05, 0) is 48.9 Å². The van der Waals surface area contributed by atoms with E-state index in [1.54, 1.807) is 24.3 Å². The van der Waals surface area contributed by atoms with Crippen LogP contribution >= 0.6 is 0 Å². The van der Waals surface area contributed by atoms with E-state index in [1.807, 2.05) is 19.1 Å². The second-order valence-corrected chi connectivity index (χ2v) is 5.34. The van der Waals surface area contributed by atoms with Crippen molar-refractivity contribution in [1.82, 2.24) is 10.3 Å². The smallest absolute Gasteiger partial charge is 0.268 e. The van der Waals surface area contributed by atoms with Gasteiger partial charge in [-0.25, -0.2) is 4.39 Å². The van der Waals surface area contributed by atoms with Gasteiger partial charge in [-0.15, -0.1) is 0 Å². The number of aromatic amines is 1. The molecule has 23 heavy (non-hydrogen) atoms. The van der Waals surface area contributed by atoms with Gasteiger partial charge in [0.05, 0.1) is 17.7 Å². The van der Waals surface area contributed by atoms with Crippen LogP contribution in [0.2, 0.25) is 0 Å². The van der Waals surface area contributed by atoms with Crippen molar-refractivity contribution < 1.29 is 9.18 Å². The molecule has 4 nitrogen and oxygen atoms in total. The molecule has 1 heterocycles. The summed E-state index contributed by atoms with van der Waals surface area (Å²) in [4.78, 5) is 15.3. The number of nitrogens with one attached hydrogen (secondary N) is 2. The number of carbonyl (C=O) groups excluding carboxylic acids is 1. The summed E-state index contributed by atoms with van der Waals surface area (Å²) < 4.78 is 13.2. The molecule has 0 bridgehead atoms. The Bertz CT molecular complexity index is 906. The number of nitrogens with zero attached hydrogens (tertiary/aromatic N) is 1. The van der Waals surface area contributed by atoms with E-state index >= 15 is 0 Å². The van der Waals surface area contributed by atoms with Crippen molar-refractivity contribution in [2.75, 3.05) is 0 Å². The first kappa shape index (κ1) is 14.8. The molecule has 2 aromatic carbocycles. The van der Waals surface area contributed by atoms with Crippen molar-refractivity contribution in [2.45, 2.75) is 13.0 Å². The molecule has 0 aliphatic carbocycles. The lowest BCUT2D eigenvalue weighted by molar-refractivity contribution is 0.0935. The van der Waals surface area contributed by atoms with Crippen LogP contribution in [0.5, 0.6) is 0 Å². The number of amides is 1. The van der Waals surface area contributed by atoms with Gasteiger partial charge in [-0.2, -0.15) is 5.26 Å².